The molecule has 0 saturated carbocycles. The first kappa shape index (κ1) is 19.2. The average molecular weight is 394 g/mol. The van der Waals surface area contributed by atoms with E-state index in [1.807, 2.05) is 35.2 Å². The first-order valence-electron chi connectivity index (χ1n) is 10.2. The molecule has 2 aromatic rings. The Morgan fingerprint density at radius 2 is 2.14 bits per heavy atom. The molecule has 3 amide bonds. The van der Waals surface area contributed by atoms with Gasteiger partial charge in [-0.2, -0.15) is 0 Å². The minimum Gasteiger partial charge on any atom is -0.443 e. The number of hydrogen-bond donors (Lipinski definition) is 1. The highest BCUT2D eigenvalue weighted by Crippen LogP contribution is 2.25. The molecule has 1 aromatic heterocycles. The second-order valence-corrected chi connectivity index (χ2v) is 7.52. The molecule has 4 rings (SSSR count). The van der Waals surface area contributed by atoms with Crippen molar-refractivity contribution in [1.82, 2.24) is 20.1 Å². The van der Waals surface area contributed by atoms with Gasteiger partial charge in [0.25, 0.3) is 5.91 Å². The van der Waals surface area contributed by atoms with E-state index in [0.29, 0.717) is 50.1 Å². The fraction of sp³-hybridized carbons (Fsp3) is 0.409. The summed E-state index contributed by atoms with van der Waals surface area (Å²) in [6.45, 7) is 2.97. The van der Waals surface area contributed by atoms with E-state index in [1.165, 1.54) is 6.39 Å². The fourth-order valence-corrected chi connectivity index (χ4v) is 3.92. The van der Waals surface area contributed by atoms with Crippen LogP contribution in [0.4, 0.5) is 4.79 Å². The van der Waals surface area contributed by atoms with E-state index in [2.05, 4.69) is 22.5 Å². The van der Waals surface area contributed by atoms with Crippen LogP contribution >= 0.6 is 0 Å². The van der Waals surface area contributed by atoms with Crippen molar-refractivity contribution in [3.05, 3.63) is 54.6 Å². The van der Waals surface area contributed by atoms with Crippen molar-refractivity contribution in [3.8, 4) is 11.3 Å². The molecule has 0 bridgehead atoms. The Balaban J connectivity index is 1.53. The predicted octanol–water partition coefficient (Wildman–Crippen LogP) is 3.17. The summed E-state index contributed by atoms with van der Waals surface area (Å²) in [5.41, 5.74) is 1.15. The lowest BCUT2D eigenvalue weighted by molar-refractivity contribution is 0.0706. The average Bonchev–Trinajstić information content (AvgIpc) is 3.41. The van der Waals surface area contributed by atoms with Gasteiger partial charge in [-0.05, 0) is 25.2 Å². The number of hydrogen-bond acceptors (Lipinski definition) is 4. The first-order chi connectivity index (χ1) is 14.2. The molecule has 152 valence electrons. The second-order valence-electron chi connectivity index (χ2n) is 7.52. The van der Waals surface area contributed by atoms with Gasteiger partial charge in [0.05, 0.1) is 0 Å². The van der Waals surface area contributed by atoms with Crippen LogP contribution in [0.1, 0.15) is 29.8 Å². The fourth-order valence-electron chi connectivity index (χ4n) is 3.92. The van der Waals surface area contributed by atoms with E-state index in [1.54, 1.807) is 4.90 Å². The molecular weight excluding hydrogens is 368 g/mol. The van der Waals surface area contributed by atoms with Gasteiger partial charge < -0.3 is 19.5 Å². The lowest BCUT2D eigenvalue weighted by atomic mass is 9.94. The Morgan fingerprint density at radius 3 is 2.86 bits per heavy atom. The van der Waals surface area contributed by atoms with Crippen LogP contribution in [0.5, 0.6) is 0 Å². The van der Waals surface area contributed by atoms with Crippen LogP contribution in [0, 0.1) is 5.92 Å². The molecule has 1 atom stereocenters. The summed E-state index contributed by atoms with van der Waals surface area (Å²) in [5.74, 6) is 0.762. The lowest BCUT2D eigenvalue weighted by Crippen LogP contribution is -2.42. The summed E-state index contributed by atoms with van der Waals surface area (Å²) in [6.07, 6.45) is 8.79. The van der Waals surface area contributed by atoms with Crippen LogP contribution < -0.4 is 5.32 Å². The van der Waals surface area contributed by atoms with Crippen LogP contribution in [0.25, 0.3) is 11.3 Å². The maximum absolute atomic E-state index is 13.4. The Bertz CT molecular complexity index is 877. The van der Waals surface area contributed by atoms with Crippen molar-refractivity contribution in [2.24, 2.45) is 5.92 Å². The highest BCUT2D eigenvalue weighted by atomic mass is 16.3. The number of amides is 3. The monoisotopic (exact) mass is 394 g/mol. The molecule has 1 saturated heterocycles. The number of rotatable bonds is 7. The van der Waals surface area contributed by atoms with Crippen LogP contribution in [0.15, 0.2) is 53.3 Å². The molecule has 0 radical (unpaired) electrons. The number of oxazole rings is 1. The molecule has 1 aliphatic heterocycles. The van der Waals surface area contributed by atoms with E-state index >= 15 is 0 Å². The molecule has 1 aromatic carbocycles. The Kier molecular flexibility index (Phi) is 5.93. The topological polar surface area (TPSA) is 78.7 Å². The molecular formula is C22H26N4O3. The highest BCUT2D eigenvalue weighted by Gasteiger charge is 2.28. The van der Waals surface area contributed by atoms with Crippen molar-refractivity contribution in [2.45, 2.75) is 19.3 Å². The molecule has 7 heteroatoms. The van der Waals surface area contributed by atoms with Crippen LogP contribution in [-0.4, -0.2) is 59.4 Å². The van der Waals surface area contributed by atoms with E-state index in [-0.39, 0.29) is 11.9 Å². The summed E-state index contributed by atoms with van der Waals surface area (Å²) >= 11 is 0. The van der Waals surface area contributed by atoms with E-state index in [4.69, 9.17) is 4.42 Å². The maximum atomic E-state index is 13.4. The highest BCUT2D eigenvalue weighted by molar-refractivity contribution is 5.97. The second kappa shape index (κ2) is 8.94. The van der Waals surface area contributed by atoms with E-state index in [9.17, 15) is 9.59 Å². The normalized spacial score (nSPS) is 18.7. The molecule has 1 fully saturated rings. The smallest absolute Gasteiger partial charge is 0.317 e. The Hall–Kier alpha value is -3.09. The zero-order valence-corrected chi connectivity index (χ0v) is 16.4. The molecule has 1 aliphatic carbocycles. The summed E-state index contributed by atoms with van der Waals surface area (Å²) in [6, 6.07) is 9.48. The number of carbonyl (C=O) groups excluding carboxylic acids is 2. The SMILES string of the molecule is O=C1NCCN1CCN(CC1CC=CCC1)C(=O)c1ncoc1-c1ccccc1. The third kappa shape index (κ3) is 4.50. The van der Waals surface area contributed by atoms with E-state index in [0.717, 1.165) is 24.8 Å². The van der Waals surface area contributed by atoms with Gasteiger partial charge >= 0.3 is 6.03 Å². The zero-order chi connectivity index (χ0) is 20.1. The van der Waals surface area contributed by atoms with Crippen LogP contribution in [0.2, 0.25) is 0 Å². The largest absolute Gasteiger partial charge is 0.443 e. The molecule has 7 nitrogen and oxygen atoms in total. The first-order valence-corrected chi connectivity index (χ1v) is 10.2. The third-order valence-electron chi connectivity index (χ3n) is 5.53. The summed E-state index contributed by atoms with van der Waals surface area (Å²) in [7, 11) is 0. The van der Waals surface area contributed by atoms with Gasteiger partial charge in [0.15, 0.2) is 17.8 Å². The molecule has 29 heavy (non-hydrogen) atoms. The molecule has 1 N–H and O–H groups in total. The van der Waals surface area contributed by atoms with Crippen LogP contribution in [-0.2, 0) is 0 Å². The molecule has 2 heterocycles. The number of nitrogens with one attached hydrogen (secondary N) is 1. The number of urea groups is 1. The summed E-state index contributed by atoms with van der Waals surface area (Å²) in [4.78, 5) is 33.1. The summed E-state index contributed by atoms with van der Waals surface area (Å²) in [5, 5.41) is 2.81. The predicted molar refractivity (Wildman–Crippen MR) is 109 cm³/mol. The summed E-state index contributed by atoms with van der Waals surface area (Å²) < 4.78 is 5.56. The van der Waals surface area contributed by atoms with Crippen molar-refractivity contribution in [3.63, 3.8) is 0 Å². The van der Waals surface area contributed by atoms with Crippen LogP contribution in [0.3, 0.4) is 0 Å². The van der Waals surface area contributed by atoms with Gasteiger partial charge in [0.1, 0.15) is 0 Å². The van der Waals surface area contributed by atoms with Crippen molar-refractivity contribution in [1.29, 1.82) is 0 Å². The number of carbonyl (C=O) groups is 2. The Labute approximate surface area is 170 Å². The maximum Gasteiger partial charge on any atom is 0.317 e. The number of aromatic nitrogens is 1. The minimum atomic E-state index is -0.147. The standard InChI is InChI=1S/C22H26N4O3/c27-21(19-20(29-16-24-19)18-9-5-2-6-10-18)26(15-17-7-3-1-4-8-17)14-13-25-12-11-23-22(25)28/h1-3,5-6,9-10,16-17H,4,7-8,11-15H2,(H,23,28). The van der Waals surface area contributed by atoms with Crippen molar-refractivity contribution in [2.75, 3.05) is 32.7 Å². The van der Waals surface area contributed by atoms with Gasteiger partial charge in [-0.1, -0.05) is 42.5 Å². The third-order valence-corrected chi connectivity index (χ3v) is 5.53. The molecule has 1 unspecified atom stereocenters. The minimum absolute atomic E-state index is 0.0654. The lowest BCUT2D eigenvalue weighted by Gasteiger charge is -2.29. The van der Waals surface area contributed by atoms with Crippen molar-refractivity contribution >= 4 is 11.9 Å². The van der Waals surface area contributed by atoms with Gasteiger partial charge in [-0.15, -0.1) is 0 Å². The van der Waals surface area contributed by atoms with Gasteiger partial charge in [0, 0.05) is 38.3 Å². The molecule has 2 aliphatic rings. The molecule has 0 spiro atoms. The van der Waals surface area contributed by atoms with Gasteiger partial charge in [-0.25, -0.2) is 9.78 Å². The van der Waals surface area contributed by atoms with Gasteiger partial charge in [-0.3, -0.25) is 4.79 Å². The Morgan fingerprint density at radius 1 is 1.28 bits per heavy atom. The van der Waals surface area contributed by atoms with Gasteiger partial charge in [0.2, 0.25) is 0 Å². The van der Waals surface area contributed by atoms with E-state index < -0.39 is 0 Å². The number of benzene rings is 1. The van der Waals surface area contributed by atoms with Crippen molar-refractivity contribution < 1.29 is 14.0 Å². The number of nitrogens with zero attached hydrogens (tertiary/aromatic N) is 3. The quantitative estimate of drug-likeness (QED) is 0.732. The zero-order valence-electron chi connectivity index (χ0n) is 16.4. The number of allylic oxidation sites excluding steroid dienone is 2.